The van der Waals surface area contributed by atoms with Gasteiger partial charge in [0, 0.05) is 30.4 Å². The average Bonchev–Trinajstić information content (AvgIpc) is 3.23. The summed E-state index contributed by atoms with van der Waals surface area (Å²) in [6.45, 7) is 7.96. The third kappa shape index (κ3) is 3.84. The van der Waals surface area contributed by atoms with Crippen LogP contribution >= 0.6 is 11.3 Å². The summed E-state index contributed by atoms with van der Waals surface area (Å²) in [7, 11) is 0. The fourth-order valence-electron chi connectivity index (χ4n) is 2.98. The Hall–Kier alpha value is -1.73. The maximum atomic E-state index is 12.3. The maximum Gasteiger partial charge on any atom is 0.261 e. The van der Waals surface area contributed by atoms with Crippen LogP contribution in [0.3, 0.4) is 0 Å². The third-order valence-electron chi connectivity index (χ3n) is 4.53. The van der Waals surface area contributed by atoms with Gasteiger partial charge in [-0.1, -0.05) is 12.1 Å². The Kier molecular flexibility index (Phi) is 5.30. The number of rotatable bonds is 5. The molecule has 1 aliphatic heterocycles. The fourth-order valence-corrected chi connectivity index (χ4v) is 3.75. The molecule has 130 valence electrons. The van der Waals surface area contributed by atoms with Crippen molar-refractivity contribution in [2.24, 2.45) is 0 Å². The second-order valence-corrected chi connectivity index (χ2v) is 7.56. The molecule has 7 heteroatoms. The standard InChI is InChI=1S/C17H24N4O2S/c1-4-15-19-17(23-20-15)12(3)21-9-7-13(8-10-21)18-16(22)14-6-5-11(2)24-14/h5-6,12-13H,4,7-10H2,1-3H3,(H,18,22). The first kappa shape index (κ1) is 17.1. The van der Waals surface area contributed by atoms with Gasteiger partial charge in [-0.05, 0) is 38.8 Å². The molecule has 0 radical (unpaired) electrons. The monoisotopic (exact) mass is 348 g/mol. The van der Waals surface area contributed by atoms with Crippen molar-refractivity contribution in [2.45, 2.75) is 52.1 Å². The summed E-state index contributed by atoms with van der Waals surface area (Å²) in [5, 5.41) is 7.13. The van der Waals surface area contributed by atoms with Crippen molar-refractivity contribution in [2.75, 3.05) is 13.1 Å². The van der Waals surface area contributed by atoms with Crippen molar-refractivity contribution in [1.29, 1.82) is 0 Å². The van der Waals surface area contributed by atoms with Crippen molar-refractivity contribution in [3.8, 4) is 0 Å². The highest BCUT2D eigenvalue weighted by Crippen LogP contribution is 2.23. The van der Waals surface area contributed by atoms with Crippen molar-refractivity contribution in [1.82, 2.24) is 20.4 Å². The van der Waals surface area contributed by atoms with Gasteiger partial charge >= 0.3 is 0 Å². The maximum absolute atomic E-state index is 12.3. The minimum absolute atomic E-state index is 0.0455. The van der Waals surface area contributed by atoms with Gasteiger partial charge in [0.2, 0.25) is 5.89 Å². The molecule has 3 rings (SSSR count). The first-order valence-electron chi connectivity index (χ1n) is 8.50. The van der Waals surface area contributed by atoms with E-state index in [1.807, 2.05) is 26.0 Å². The molecule has 0 saturated carbocycles. The zero-order valence-corrected chi connectivity index (χ0v) is 15.2. The van der Waals surface area contributed by atoms with Crippen LogP contribution in [-0.2, 0) is 6.42 Å². The SMILES string of the molecule is CCc1noc(C(C)N2CCC(NC(=O)c3ccc(C)s3)CC2)n1. The van der Waals surface area contributed by atoms with Gasteiger partial charge in [-0.25, -0.2) is 0 Å². The Labute approximate surface area is 146 Å². The van der Waals surface area contributed by atoms with E-state index in [1.54, 1.807) is 11.3 Å². The topological polar surface area (TPSA) is 71.3 Å². The van der Waals surface area contributed by atoms with Crippen molar-refractivity contribution in [3.63, 3.8) is 0 Å². The van der Waals surface area contributed by atoms with Gasteiger partial charge in [-0.3, -0.25) is 9.69 Å². The number of aryl methyl sites for hydroxylation is 2. The highest BCUT2D eigenvalue weighted by Gasteiger charge is 2.27. The lowest BCUT2D eigenvalue weighted by atomic mass is 10.0. The highest BCUT2D eigenvalue weighted by atomic mass is 32.1. The van der Waals surface area contributed by atoms with Crippen LogP contribution in [0.2, 0.25) is 0 Å². The first-order valence-corrected chi connectivity index (χ1v) is 9.32. The number of piperidine rings is 1. The number of carbonyl (C=O) groups excluding carboxylic acids is 1. The van der Waals surface area contributed by atoms with Crippen LogP contribution in [0.25, 0.3) is 0 Å². The number of hydrogen-bond acceptors (Lipinski definition) is 6. The van der Waals surface area contributed by atoms with Gasteiger partial charge in [-0.2, -0.15) is 4.98 Å². The second kappa shape index (κ2) is 7.44. The van der Waals surface area contributed by atoms with Crippen LogP contribution in [0.1, 0.15) is 59.0 Å². The van der Waals surface area contributed by atoms with Gasteiger partial charge in [0.1, 0.15) is 0 Å². The summed E-state index contributed by atoms with van der Waals surface area (Å²) in [6, 6.07) is 4.23. The molecule has 1 aliphatic rings. The van der Waals surface area contributed by atoms with Crippen LogP contribution in [0.5, 0.6) is 0 Å². The number of carbonyl (C=O) groups is 1. The molecule has 1 atom stereocenters. The van der Waals surface area contributed by atoms with E-state index >= 15 is 0 Å². The summed E-state index contributed by atoms with van der Waals surface area (Å²) in [6.07, 6.45) is 2.66. The smallest absolute Gasteiger partial charge is 0.261 e. The number of hydrogen-bond donors (Lipinski definition) is 1. The molecular weight excluding hydrogens is 324 g/mol. The van der Waals surface area contributed by atoms with Gasteiger partial charge in [0.05, 0.1) is 10.9 Å². The summed E-state index contributed by atoms with van der Waals surface area (Å²) >= 11 is 1.54. The molecule has 1 fully saturated rings. The molecule has 1 unspecified atom stereocenters. The van der Waals surface area contributed by atoms with Crippen molar-refractivity contribution < 1.29 is 9.32 Å². The van der Waals surface area contributed by atoms with Gasteiger partial charge in [0.15, 0.2) is 5.82 Å². The van der Waals surface area contributed by atoms with Crippen LogP contribution in [0, 0.1) is 6.92 Å². The molecule has 0 aromatic carbocycles. The number of aromatic nitrogens is 2. The van der Waals surface area contributed by atoms with E-state index < -0.39 is 0 Å². The minimum atomic E-state index is 0.0455. The number of thiophene rings is 1. The normalized spacial score (nSPS) is 17.8. The molecule has 6 nitrogen and oxygen atoms in total. The van der Waals surface area contributed by atoms with E-state index in [0.717, 1.165) is 47.9 Å². The van der Waals surface area contributed by atoms with Crippen molar-refractivity contribution in [3.05, 3.63) is 33.6 Å². The predicted octanol–water partition coefficient (Wildman–Crippen LogP) is 2.96. The Balaban J connectivity index is 1.51. The molecule has 1 N–H and O–H groups in total. The van der Waals surface area contributed by atoms with Crippen LogP contribution in [-0.4, -0.2) is 40.1 Å². The molecule has 3 heterocycles. The molecule has 0 spiro atoms. The zero-order chi connectivity index (χ0) is 17.1. The van der Waals surface area contributed by atoms with E-state index in [2.05, 4.69) is 27.3 Å². The Morgan fingerprint density at radius 3 is 2.79 bits per heavy atom. The summed E-state index contributed by atoms with van der Waals surface area (Å²) in [4.78, 5) is 21.0. The lowest BCUT2D eigenvalue weighted by molar-refractivity contribution is 0.0885. The predicted molar refractivity (Wildman–Crippen MR) is 93.2 cm³/mol. The third-order valence-corrected chi connectivity index (χ3v) is 5.53. The van der Waals surface area contributed by atoms with Crippen LogP contribution in [0.15, 0.2) is 16.7 Å². The van der Waals surface area contributed by atoms with Gasteiger partial charge < -0.3 is 9.84 Å². The first-order chi connectivity index (χ1) is 11.6. The largest absolute Gasteiger partial charge is 0.349 e. The molecule has 24 heavy (non-hydrogen) atoms. The minimum Gasteiger partial charge on any atom is -0.349 e. The van der Waals surface area contributed by atoms with Crippen LogP contribution < -0.4 is 5.32 Å². The Morgan fingerprint density at radius 1 is 1.46 bits per heavy atom. The van der Waals surface area contributed by atoms with Gasteiger partial charge in [0.25, 0.3) is 5.91 Å². The second-order valence-electron chi connectivity index (χ2n) is 6.27. The quantitative estimate of drug-likeness (QED) is 0.899. The molecule has 2 aromatic rings. The Bertz CT molecular complexity index is 688. The zero-order valence-electron chi connectivity index (χ0n) is 14.4. The van der Waals surface area contributed by atoms with E-state index in [-0.39, 0.29) is 18.0 Å². The van der Waals surface area contributed by atoms with Gasteiger partial charge in [-0.15, -0.1) is 11.3 Å². The number of nitrogens with one attached hydrogen (secondary N) is 1. The molecule has 1 saturated heterocycles. The molecule has 2 aromatic heterocycles. The lowest BCUT2D eigenvalue weighted by Gasteiger charge is -2.34. The lowest BCUT2D eigenvalue weighted by Crippen LogP contribution is -2.45. The fraction of sp³-hybridized carbons (Fsp3) is 0.588. The highest BCUT2D eigenvalue weighted by molar-refractivity contribution is 7.13. The van der Waals surface area contributed by atoms with Crippen molar-refractivity contribution >= 4 is 17.2 Å². The van der Waals surface area contributed by atoms with E-state index in [9.17, 15) is 4.79 Å². The Morgan fingerprint density at radius 2 is 2.21 bits per heavy atom. The van der Waals surface area contributed by atoms with Crippen LogP contribution in [0.4, 0.5) is 0 Å². The number of likely N-dealkylation sites (tertiary alicyclic amines) is 1. The van der Waals surface area contributed by atoms with E-state index in [4.69, 9.17) is 4.52 Å². The number of nitrogens with zero attached hydrogens (tertiary/aromatic N) is 3. The molecule has 0 aliphatic carbocycles. The molecule has 1 amide bonds. The average molecular weight is 348 g/mol. The van der Waals surface area contributed by atoms with E-state index in [0.29, 0.717) is 5.89 Å². The summed E-state index contributed by atoms with van der Waals surface area (Å²) in [5.41, 5.74) is 0. The summed E-state index contributed by atoms with van der Waals surface area (Å²) < 4.78 is 5.35. The number of amides is 1. The molecule has 0 bridgehead atoms. The van der Waals surface area contributed by atoms with E-state index in [1.165, 1.54) is 0 Å². The summed E-state index contributed by atoms with van der Waals surface area (Å²) in [5.74, 6) is 1.48. The molecular formula is C17H24N4O2S.